The Kier molecular flexibility index (Phi) is 3.05. The highest BCUT2D eigenvalue weighted by molar-refractivity contribution is 7.18. The van der Waals surface area contributed by atoms with Gasteiger partial charge in [-0.2, -0.15) is 0 Å². The van der Waals surface area contributed by atoms with Gasteiger partial charge in [0.25, 0.3) is 0 Å². The standard InChI is InChI=1S/C16H13NO2S2/c18-16(19)9-4-5-12-14(8-9)21-15(17-12)11-2-1-3-13-10(11)6-7-20-13/h4-8,11H,1-3H2,(H,18,19). The average molecular weight is 315 g/mol. The van der Waals surface area contributed by atoms with Crippen LogP contribution in [0.3, 0.4) is 0 Å². The largest absolute Gasteiger partial charge is 0.478 e. The van der Waals surface area contributed by atoms with Gasteiger partial charge in [-0.15, -0.1) is 22.7 Å². The molecule has 0 radical (unpaired) electrons. The molecular weight excluding hydrogens is 302 g/mol. The molecule has 1 aliphatic carbocycles. The van der Waals surface area contributed by atoms with Gasteiger partial charge in [0, 0.05) is 10.8 Å². The van der Waals surface area contributed by atoms with Crippen molar-refractivity contribution >= 4 is 38.9 Å². The summed E-state index contributed by atoms with van der Waals surface area (Å²) in [6.07, 6.45) is 3.52. The fourth-order valence-corrected chi connectivity index (χ4v) is 5.12. The van der Waals surface area contributed by atoms with Crippen LogP contribution in [0.2, 0.25) is 0 Å². The van der Waals surface area contributed by atoms with Crippen molar-refractivity contribution in [1.82, 2.24) is 4.98 Å². The number of hydrogen-bond donors (Lipinski definition) is 1. The van der Waals surface area contributed by atoms with Gasteiger partial charge in [-0.3, -0.25) is 0 Å². The second-order valence-electron chi connectivity index (χ2n) is 5.28. The van der Waals surface area contributed by atoms with E-state index in [1.54, 1.807) is 23.5 Å². The zero-order valence-electron chi connectivity index (χ0n) is 11.2. The van der Waals surface area contributed by atoms with Crippen LogP contribution in [0.25, 0.3) is 10.2 Å². The number of aromatic nitrogens is 1. The van der Waals surface area contributed by atoms with Gasteiger partial charge in [-0.05, 0) is 54.5 Å². The summed E-state index contributed by atoms with van der Waals surface area (Å²) in [5.74, 6) is -0.504. The molecule has 4 rings (SSSR count). The molecule has 0 fully saturated rings. The summed E-state index contributed by atoms with van der Waals surface area (Å²) < 4.78 is 0.965. The maximum absolute atomic E-state index is 11.1. The van der Waals surface area contributed by atoms with Crippen molar-refractivity contribution in [1.29, 1.82) is 0 Å². The van der Waals surface area contributed by atoms with E-state index in [1.165, 1.54) is 23.3 Å². The Morgan fingerprint density at radius 3 is 3.10 bits per heavy atom. The van der Waals surface area contributed by atoms with Crippen LogP contribution in [0.5, 0.6) is 0 Å². The number of rotatable bonds is 2. The molecule has 0 amide bonds. The first-order chi connectivity index (χ1) is 10.2. The summed E-state index contributed by atoms with van der Waals surface area (Å²) in [6.45, 7) is 0. The second-order valence-corrected chi connectivity index (χ2v) is 7.35. The first kappa shape index (κ1) is 13.0. The molecule has 3 nitrogen and oxygen atoms in total. The molecule has 0 bridgehead atoms. The zero-order valence-corrected chi connectivity index (χ0v) is 12.8. The molecule has 1 N–H and O–H groups in total. The van der Waals surface area contributed by atoms with E-state index in [0.717, 1.165) is 21.6 Å². The average Bonchev–Trinajstić information content (AvgIpc) is 3.12. The molecule has 0 saturated carbocycles. The van der Waals surface area contributed by atoms with Crippen LogP contribution in [0.15, 0.2) is 29.6 Å². The van der Waals surface area contributed by atoms with Crippen molar-refractivity contribution in [3.63, 3.8) is 0 Å². The summed E-state index contributed by atoms with van der Waals surface area (Å²) in [5, 5.41) is 12.4. The van der Waals surface area contributed by atoms with E-state index in [2.05, 4.69) is 11.4 Å². The lowest BCUT2D eigenvalue weighted by atomic mass is 9.88. The Balaban J connectivity index is 1.80. The minimum absolute atomic E-state index is 0.331. The first-order valence-electron chi connectivity index (χ1n) is 6.92. The number of thiophene rings is 1. The molecule has 0 aliphatic heterocycles. The van der Waals surface area contributed by atoms with Gasteiger partial charge in [-0.25, -0.2) is 9.78 Å². The molecule has 3 aromatic rings. The van der Waals surface area contributed by atoms with E-state index in [4.69, 9.17) is 10.1 Å². The lowest BCUT2D eigenvalue weighted by Gasteiger charge is -2.20. The Labute approximate surface area is 129 Å². The number of carbonyl (C=O) groups is 1. The fraction of sp³-hybridized carbons (Fsp3) is 0.250. The molecular formula is C16H13NO2S2. The number of thiazole rings is 1. The Bertz CT molecular complexity index is 834. The van der Waals surface area contributed by atoms with Gasteiger partial charge in [0.2, 0.25) is 0 Å². The summed E-state index contributed by atoms with van der Waals surface area (Å²) in [6, 6.07) is 7.40. The van der Waals surface area contributed by atoms with Crippen molar-refractivity contribution in [2.45, 2.75) is 25.2 Å². The lowest BCUT2D eigenvalue weighted by Crippen LogP contribution is -2.07. The number of benzene rings is 1. The monoisotopic (exact) mass is 315 g/mol. The van der Waals surface area contributed by atoms with Gasteiger partial charge in [-0.1, -0.05) is 0 Å². The molecule has 1 atom stereocenters. The van der Waals surface area contributed by atoms with Crippen molar-refractivity contribution < 1.29 is 9.90 Å². The van der Waals surface area contributed by atoms with Crippen LogP contribution < -0.4 is 0 Å². The van der Waals surface area contributed by atoms with E-state index < -0.39 is 5.97 Å². The van der Waals surface area contributed by atoms with Crippen LogP contribution in [-0.4, -0.2) is 16.1 Å². The smallest absolute Gasteiger partial charge is 0.335 e. The Morgan fingerprint density at radius 2 is 2.24 bits per heavy atom. The number of carboxylic acids is 1. The minimum Gasteiger partial charge on any atom is -0.478 e. The van der Waals surface area contributed by atoms with E-state index >= 15 is 0 Å². The first-order valence-corrected chi connectivity index (χ1v) is 8.62. The molecule has 21 heavy (non-hydrogen) atoms. The predicted octanol–water partition coefficient (Wildman–Crippen LogP) is 4.52. The highest BCUT2D eigenvalue weighted by Crippen LogP contribution is 2.41. The Hall–Kier alpha value is -1.72. The highest BCUT2D eigenvalue weighted by atomic mass is 32.1. The molecule has 2 aromatic heterocycles. The van der Waals surface area contributed by atoms with Crippen LogP contribution in [-0.2, 0) is 6.42 Å². The van der Waals surface area contributed by atoms with E-state index in [9.17, 15) is 4.79 Å². The molecule has 0 spiro atoms. The number of aryl methyl sites for hydroxylation is 1. The third-order valence-corrected chi connectivity index (χ3v) is 6.13. The topological polar surface area (TPSA) is 50.2 Å². The number of hydrogen-bond acceptors (Lipinski definition) is 4. The van der Waals surface area contributed by atoms with Crippen LogP contribution in [0.1, 0.15) is 44.6 Å². The SMILES string of the molecule is O=C(O)c1ccc2nc(C3CCCc4sccc43)sc2c1. The lowest BCUT2D eigenvalue weighted by molar-refractivity contribution is 0.0697. The normalized spacial score (nSPS) is 17.8. The summed E-state index contributed by atoms with van der Waals surface area (Å²) >= 11 is 3.47. The number of nitrogens with zero attached hydrogens (tertiary/aromatic N) is 1. The number of aromatic carboxylic acids is 1. The number of fused-ring (bicyclic) bond motifs is 2. The molecule has 1 aromatic carbocycles. The predicted molar refractivity (Wildman–Crippen MR) is 85.7 cm³/mol. The Morgan fingerprint density at radius 1 is 1.33 bits per heavy atom. The van der Waals surface area contributed by atoms with Gasteiger partial charge >= 0.3 is 5.97 Å². The molecule has 1 unspecified atom stereocenters. The summed E-state index contributed by atoms with van der Waals surface area (Å²) in [5.41, 5.74) is 2.66. The van der Waals surface area contributed by atoms with Crippen LogP contribution in [0.4, 0.5) is 0 Å². The maximum atomic E-state index is 11.1. The van der Waals surface area contributed by atoms with Gasteiger partial charge in [0.15, 0.2) is 0 Å². The summed E-state index contributed by atoms with van der Waals surface area (Å²) in [7, 11) is 0. The van der Waals surface area contributed by atoms with Crippen LogP contribution in [0, 0.1) is 0 Å². The number of carboxylic acid groups (broad SMARTS) is 1. The third-order valence-electron chi connectivity index (χ3n) is 4.00. The van der Waals surface area contributed by atoms with Gasteiger partial charge in [0.05, 0.1) is 15.8 Å². The van der Waals surface area contributed by atoms with Crippen molar-refractivity contribution in [2.75, 3.05) is 0 Å². The molecule has 1 aliphatic rings. The van der Waals surface area contributed by atoms with Crippen molar-refractivity contribution in [3.8, 4) is 0 Å². The molecule has 106 valence electrons. The zero-order chi connectivity index (χ0) is 14.4. The highest BCUT2D eigenvalue weighted by Gasteiger charge is 2.25. The van der Waals surface area contributed by atoms with E-state index in [0.29, 0.717) is 11.5 Å². The van der Waals surface area contributed by atoms with E-state index in [1.807, 2.05) is 17.4 Å². The summed E-state index contributed by atoms with van der Waals surface area (Å²) in [4.78, 5) is 17.3. The van der Waals surface area contributed by atoms with Crippen molar-refractivity contribution in [3.05, 3.63) is 50.7 Å². The molecule has 5 heteroatoms. The second kappa shape index (κ2) is 4.93. The maximum Gasteiger partial charge on any atom is 0.335 e. The van der Waals surface area contributed by atoms with E-state index in [-0.39, 0.29) is 0 Å². The van der Waals surface area contributed by atoms with Gasteiger partial charge in [0.1, 0.15) is 5.01 Å². The minimum atomic E-state index is -0.885. The fourth-order valence-electron chi connectivity index (χ4n) is 2.97. The van der Waals surface area contributed by atoms with Crippen LogP contribution >= 0.6 is 22.7 Å². The van der Waals surface area contributed by atoms with Gasteiger partial charge < -0.3 is 5.11 Å². The quantitative estimate of drug-likeness (QED) is 0.756. The van der Waals surface area contributed by atoms with Crippen molar-refractivity contribution in [2.24, 2.45) is 0 Å². The third kappa shape index (κ3) is 2.17. The molecule has 2 heterocycles. The molecule has 0 saturated heterocycles.